The van der Waals surface area contributed by atoms with Gasteiger partial charge in [-0.05, 0) is 28.8 Å². The first-order chi connectivity index (χ1) is 11.8. The summed E-state index contributed by atoms with van der Waals surface area (Å²) in [5.74, 6) is -0.447. The van der Waals surface area contributed by atoms with Crippen molar-refractivity contribution in [2.24, 2.45) is 0 Å². The van der Waals surface area contributed by atoms with Crippen LogP contribution >= 0.6 is 0 Å². The fraction of sp³-hybridized carbons (Fsp3) is 0.0476. The van der Waals surface area contributed by atoms with E-state index in [1.54, 1.807) is 24.3 Å². The molecule has 0 fully saturated rings. The van der Waals surface area contributed by atoms with Crippen molar-refractivity contribution in [3.05, 3.63) is 95.6 Å². The van der Waals surface area contributed by atoms with Crippen LogP contribution < -0.4 is 0 Å². The molecule has 0 saturated heterocycles. The molecule has 1 heterocycles. The second-order valence-electron chi connectivity index (χ2n) is 5.77. The second kappa shape index (κ2) is 5.78. The number of nitrogens with zero attached hydrogens (tertiary/aromatic N) is 1. The number of hydrogen-bond donors (Lipinski definition) is 0. The highest BCUT2D eigenvalue weighted by Gasteiger charge is 2.35. The normalized spacial score (nSPS) is 13.2. The molecule has 24 heavy (non-hydrogen) atoms. The molecular formula is C21H15NO2. The average Bonchev–Trinajstić information content (AvgIpc) is 2.88. The zero-order valence-electron chi connectivity index (χ0n) is 13.0. The Hall–Kier alpha value is -3.20. The van der Waals surface area contributed by atoms with Crippen molar-refractivity contribution in [2.45, 2.75) is 6.54 Å². The molecule has 1 aliphatic heterocycles. The molecule has 0 aliphatic carbocycles. The number of rotatable bonds is 3. The maximum atomic E-state index is 12.6. The van der Waals surface area contributed by atoms with Gasteiger partial charge in [-0.25, -0.2) is 0 Å². The highest BCUT2D eigenvalue weighted by molar-refractivity contribution is 6.21. The lowest BCUT2D eigenvalue weighted by Crippen LogP contribution is -2.29. The topological polar surface area (TPSA) is 37.4 Å². The molecule has 1 aliphatic rings. The molecule has 116 valence electrons. The van der Waals surface area contributed by atoms with Crippen LogP contribution in [0, 0.1) is 0 Å². The molecule has 0 unspecified atom stereocenters. The Kier molecular flexibility index (Phi) is 3.47. The number of benzene rings is 3. The highest BCUT2D eigenvalue weighted by Crippen LogP contribution is 2.28. The first kappa shape index (κ1) is 14.4. The zero-order valence-corrected chi connectivity index (χ0v) is 13.0. The summed E-state index contributed by atoms with van der Waals surface area (Å²) in [7, 11) is 0. The van der Waals surface area contributed by atoms with Crippen LogP contribution in [-0.2, 0) is 6.54 Å². The fourth-order valence-electron chi connectivity index (χ4n) is 3.11. The summed E-state index contributed by atoms with van der Waals surface area (Å²) >= 11 is 0. The number of hydrogen-bond acceptors (Lipinski definition) is 2. The molecule has 0 aromatic heterocycles. The van der Waals surface area contributed by atoms with Crippen molar-refractivity contribution in [1.29, 1.82) is 0 Å². The number of carbonyl (C=O) groups is 2. The third-order valence-corrected chi connectivity index (χ3v) is 4.31. The minimum atomic E-state index is -0.224. The van der Waals surface area contributed by atoms with E-state index in [4.69, 9.17) is 0 Å². The van der Waals surface area contributed by atoms with Gasteiger partial charge >= 0.3 is 0 Å². The lowest BCUT2D eigenvalue weighted by molar-refractivity contribution is 0.0642. The van der Waals surface area contributed by atoms with E-state index in [0.717, 1.165) is 16.7 Å². The fourth-order valence-corrected chi connectivity index (χ4v) is 3.11. The van der Waals surface area contributed by atoms with Crippen molar-refractivity contribution in [2.75, 3.05) is 0 Å². The minimum Gasteiger partial charge on any atom is -0.270 e. The van der Waals surface area contributed by atoms with Crippen LogP contribution in [0.1, 0.15) is 26.3 Å². The molecule has 3 aromatic carbocycles. The maximum Gasteiger partial charge on any atom is 0.261 e. The zero-order chi connectivity index (χ0) is 16.5. The standard InChI is InChI=1S/C21H15NO2/c23-20-18-12-6-7-13-19(18)21(24)22(20)14-16-10-4-5-11-17(16)15-8-2-1-3-9-15/h1-13H,14H2. The van der Waals surface area contributed by atoms with Crippen LogP contribution in [0.25, 0.3) is 11.1 Å². The summed E-state index contributed by atoms with van der Waals surface area (Å²) in [4.78, 5) is 26.5. The van der Waals surface area contributed by atoms with Crippen LogP contribution in [0.4, 0.5) is 0 Å². The number of imide groups is 1. The van der Waals surface area contributed by atoms with E-state index in [9.17, 15) is 9.59 Å². The Labute approximate surface area is 140 Å². The van der Waals surface area contributed by atoms with E-state index in [2.05, 4.69) is 0 Å². The van der Waals surface area contributed by atoms with Gasteiger partial charge in [0.05, 0.1) is 17.7 Å². The third-order valence-electron chi connectivity index (χ3n) is 4.31. The van der Waals surface area contributed by atoms with Gasteiger partial charge in [0.15, 0.2) is 0 Å². The van der Waals surface area contributed by atoms with Crippen molar-refractivity contribution in [3.8, 4) is 11.1 Å². The average molecular weight is 313 g/mol. The molecule has 0 saturated carbocycles. The molecule has 3 heteroatoms. The first-order valence-corrected chi connectivity index (χ1v) is 7.84. The predicted octanol–water partition coefficient (Wildman–Crippen LogP) is 4.15. The minimum absolute atomic E-state index is 0.224. The van der Waals surface area contributed by atoms with Crippen LogP contribution in [-0.4, -0.2) is 16.7 Å². The predicted molar refractivity (Wildman–Crippen MR) is 92.5 cm³/mol. The van der Waals surface area contributed by atoms with Crippen molar-refractivity contribution in [1.82, 2.24) is 4.90 Å². The van der Waals surface area contributed by atoms with Gasteiger partial charge in [0.25, 0.3) is 11.8 Å². The van der Waals surface area contributed by atoms with Gasteiger partial charge in [-0.15, -0.1) is 0 Å². The Morgan fingerprint density at radius 2 is 1.08 bits per heavy atom. The molecule has 0 radical (unpaired) electrons. The van der Waals surface area contributed by atoms with Gasteiger partial charge in [-0.1, -0.05) is 66.7 Å². The number of amides is 2. The number of carbonyl (C=O) groups excluding carboxylic acids is 2. The summed E-state index contributed by atoms with van der Waals surface area (Å²) < 4.78 is 0. The van der Waals surface area contributed by atoms with Crippen molar-refractivity contribution < 1.29 is 9.59 Å². The van der Waals surface area contributed by atoms with Crippen LogP contribution in [0.15, 0.2) is 78.9 Å². The Morgan fingerprint density at radius 1 is 0.583 bits per heavy atom. The Morgan fingerprint density at radius 3 is 1.71 bits per heavy atom. The van der Waals surface area contributed by atoms with E-state index in [-0.39, 0.29) is 18.4 Å². The van der Waals surface area contributed by atoms with Gasteiger partial charge in [0, 0.05) is 0 Å². The number of fused-ring (bicyclic) bond motifs is 1. The maximum absolute atomic E-state index is 12.6. The SMILES string of the molecule is O=C1c2ccccc2C(=O)N1Cc1ccccc1-c1ccccc1. The largest absolute Gasteiger partial charge is 0.270 e. The third kappa shape index (κ3) is 2.31. The van der Waals surface area contributed by atoms with Gasteiger partial charge in [0.2, 0.25) is 0 Å². The smallest absolute Gasteiger partial charge is 0.261 e. The molecule has 0 spiro atoms. The van der Waals surface area contributed by atoms with Gasteiger partial charge < -0.3 is 0 Å². The highest BCUT2D eigenvalue weighted by atomic mass is 16.2. The summed E-state index contributed by atoms with van der Waals surface area (Å²) in [6.45, 7) is 0.275. The van der Waals surface area contributed by atoms with Gasteiger partial charge in [-0.2, -0.15) is 0 Å². The van der Waals surface area contributed by atoms with Gasteiger partial charge in [-0.3, -0.25) is 14.5 Å². The summed E-state index contributed by atoms with van der Waals surface area (Å²) in [6.07, 6.45) is 0. The van der Waals surface area contributed by atoms with Crippen LogP contribution in [0.3, 0.4) is 0 Å². The lowest BCUT2D eigenvalue weighted by Gasteiger charge is -2.17. The summed E-state index contributed by atoms with van der Waals surface area (Å²) in [5.41, 5.74) is 4.04. The lowest BCUT2D eigenvalue weighted by atomic mass is 9.99. The Bertz CT molecular complexity index is 896. The van der Waals surface area contributed by atoms with Crippen LogP contribution in [0.2, 0.25) is 0 Å². The monoisotopic (exact) mass is 313 g/mol. The molecule has 4 rings (SSSR count). The second-order valence-corrected chi connectivity index (χ2v) is 5.77. The van der Waals surface area contributed by atoms with E-state index in [1.165, 1.54) is 4.90 Å². The summed E-state index contributed by atoms with van der Waals surface area (Å²) in [5, 5.41) is 0. The van der Waals surface area contributed by atoms with Crippen molar-refractivity contribution >= 4 is 11.8 Å². The molecular weight excluding hydrogens is 298 g/mol. The molecule has 0 atom stereocenters. The van der Waals surface area contributed by atoms with Gasteiger partial charge in [0.1, 0.15) is 0 Å². The van der Waals surface area contributed by atoms with Crippen molar-refractivity contribution in [3.63, 3.8) is 0 Å². The molecule has 2 amide bonds. The Balaban J connectivity index is 1.71. The van der Waals surface area contributed by atoms with E-state index in [1.807, 2.05) is 54.6 Å². The van der Waals surface area contributed by atoms with E-state index in [0.29, 0.717) is 11.1 Å². The molecule has 0 N–H and O–H groups in total. The molecule has 0 bridgehead atoms. The first-order valence-electron chi connectivity index (χ1n) is 7.84. The van der Waals surface area contributed by atoms with Crippen LogP contribution in [0.5, 0.6) is 0 Å². The molecule has 3 aromatic rings. The van der Waals surface area contributed by atoms with E-state index < -0.39 is 0 Å². The summed E-state index contributed by atoms with van der Waals surface area (Å²) in [6, 6.07) is 24.8. The quantitative estimate of drug-likeness (QED) is 0.681. The molecule has 3 nitrogen and oxygen atoms in total. The van der Waals surface area contributed by atoms with E-state index >= 15 is 0 Å².